The second-order valence-corrected chi connectivity index (χ2v) is 10.1. The molecule has 1 heterocycles. The third-order valence-corrected chi connectivity index (χ3v) is 7.70. The van der Waals surface area contributed by atoms with Crippen LogP contribution in [0.2, 0.25) is 18.6 Å². The van der Waals surface area contributed by atoms with E-state index < -0.39 is 8.07 Å². The summed E-state index contributed by atoms with van der Waals surface area (Å²) in [5.74, 6) is -0.125. The van der Waals surface area contributed by atoms with E-state index in [1.54, 1.807) is 0 Å². The largest absolute Gasteiger partial charge is 0.466 e. The second kappa shape index (κ2) is 5.21. The molecular formula is C15H20O3Si. The first-order chi connectivity index (χ1) is 8.96. The fourth-order valence-corrected chi connectivity index (χ4v) is 4.07. The van der Waals surface area contributed by atoms with Gasteiger partial charge >= 0.3 is 5.97 Å². The molecule has 0 aliphatic carbocycles. The minimum absolute atomic E-state index is 0.118. The van der Waals surface area contributed by atoms with Crippen molar-refractivity contribution in [2.24, 2.45) is 0 Å². The summed E-state index contributed by atoms with van der Waals surface area (Å²) in [6.45, 7) is 8.49. The van der Waals surface area contributed by atoms with Gasteiger partial charge in [0.2, 0.25) is 0 Å². The highest BCUT2D eigenvalue weighted by molar-refractivity contribution is 6.92. The summed E-state index contributed by atoms with van der Waals surface area (Å²) < 4.78 is 11.1. The number of rotatable bonds is 4. The van der Waals surface area contributed by atoms with Crippen LogP contribution >= 0.6 is 0 Å². The van der Waals surface area contributed by atoms with Crippen LogP contribution in [0.3, 0.4) is 0 Å². The minimum atomic E-state index is -2.01. The highest BCUT2D eigenvalue weighted by Crippen LogP contribution is 2.25. The SMILES string of the molecule is CCOC(=O)C(C)[Si](C)(C)c1cc2ccccc2o1. The number of esters is 1. The van der Waals surface area contributed by atoms with E-state index in [0.29, 0.717) is 6.61 Å². The Morgan fingerprint density at radius 1 is 1.37 bits per heavy atom. The number of carbonyl (C=O) groups excluding carboxylic acids is 1. The first-order valence-electron chi connectivity index (χ1n) is 6.62. The quantitative estimate of drug-likeness (QED) is 0.635. The van der Waals surface area contributed by atoms with Crippen molar-refractivity contribution >= 4 is 30.4 Å². The lowest BCUT2D eigenvalue weighted by Gasteiger charge is -2.25. The van der Waals surface area contributed by atoms with Gasteiger partial charge in [0.05, 0.1) is 17.5 Å². The Hall–Kier alpha value is -1.55. The Morgan fingerprint density at radius 3 is 2.68 bits per heavy atom. The molecule has 0 fully saturated rings. The third kappa shape index (κ3) is 2.58. The average Bonchev–Trinajstić information content (AvgIpc) is 2.82. The van der Waals surface area contributed by atoms with Gasteiger partial charge < -0.3 is 9.15 Å². The van der Waals surface area contributed by atoms with Crippen molar-refractivity contribution in [3.8, 4) is 0 Å². The highest BCUT2D eigenvalue weighted by Gasteiger charge is 2.39. The molecule has 0 spiro atoms. The topological polar surface area (TPSA) is 39.4 Å². The summed E-state index contributed by atoms with van der Waals surface area (Å²) in [6, 6.07) is 10.0. The van der Waals surface area contributed by atoms with Crippen molar-refractivity contribution in [2.45, 2.75) is 32.5 Å². The van der Waals surface area contributed by atoms with Gasteiger partial charge in [-0.05, 0) is 19.1 Å². The lowest BCUT2D eigenvalue weighted by atomic mass is 10.3. The van der Waals surface area contributed by atoms with Crippen LogP contribution in [0.25, 0.3) is 11.0 Å². The number of para-hydroxylation sites is 1. The Labute approximate surface area is 114 Å². The maximum Gasteiger partial charge on any atom is 0.306 e. The number of fused-ring (bicyclic) bond motifs is 1. The Morgan fingerprint density at radius 2 is 2.05 bits per heavy atom. The first kappa shape index (κ1) is 13.9. The van der Waals surface area contributed by atoms with E-state index in [1.807, 2.05) is 38.1 Å². The fourth-order valence-electron chi connectivity index (χ4n) is 2.07. The standard InChI is InChI=1S/C15H20O3Si/c1-5-17-15(16)11(2)19(3,4)14-10-12-8-6-7-9-13(12)18-14/h6-11H,5H2,1-4H3. The van der Waals surface area contributed by atoms with E-state index in [-0.39, 0.29) is 11.5 Å². The number of benzene rings is 1. The first-order valence-corrected chi connectivity index (χ1v) is 9.70. The predicted octanol–water partition coefficient (Wildman–Crippen LogP) is 3.30. The molecule has 1 atom stereocenters. The molecule has 0 saturated carbocycles. The lowest BCUT2D eigenvalue weighted by Crippen LogP contribution is -2.47. The highest BCUT2D eigenvalue weighted by atomic mass is 28.3. The second-order valence-electron chi connectivity index (χ2n) is 5.34. The summed E-state index contributed by atoms with van der Waals surface area (Å²) in [4.78, 5) is 11.9. The van der Waals surface area contributed by atoms with Crippen LogP contribution in [0.4, 0.5) is 0 Å². The zero-order chi connectivity index (χ0) is 14.0. The van der Waals surface area contributed by atoms with Crippen LogP contribution < -0.4 is 5.38 Å². The van der Waals surface area contributed by atoms with Gasteiger partial charge in [0.25, 0.3) is 0 Å². The Balaban J connectivity index is 2.34. The number of hydrogen-bond acceptors (Lipinski definition) is 3. The maximum absolute atomic E-state index is 11.9. The molecule has 102 valence electrons. The van der Waals surface area contributed by atoms with Crippen molar-refractivity contribution in [1.29, 1.82) is 0 Å². The number of furan rings is 1. The monoisotopic (exact) mass is 276 g/mol. The van der Waals surface area contributed by atoms with Crippen molar-refractivity contribution in [3.05, 3.63) is 30.3 Å². The van der Waals surface area contributed by atoms with E-state index >= 15 is 0 Å². The Kier molecular flexibility index (Phi) is 3.80. The van der Waals surface area contributed by atoms with Gasteiger partial charge in [-0.3, -0.25) is 4.79 Å². The van der Waals surface area contributed by atoms with Crippen molar-refractivity contribution in [1.82, 2.24) is 0 Å². The van der Waals surface area contributed by atoms with Gasteiger partial charge in [-0.1, -0.05) is 38.2 Å². The molecule has 0 saturated heterocycles. The molecule has 0 aliphatic rings. The van der Waals surface area contributed by atoms with Gasteiger partial charge in [0.15, 0.2) is 0 Å². The molecule has 0 aliphatic heterocycles. The molecule has 1 aromatic carbocycles. The lowest BCUT2D eigenvalue weighted by molar-refractivity contribution is -0.142. The van der Waals surface area contributed by atoms with E-state index in [0.717, 1.165) is 16.4 Å². The number of ether oxygens (including phenoxy) is 1. The Bertz CT molecular complexity index is 553. The summed E-state index contributed by atoms with van der Waals surface area (Å²) in [7, 11) is -2.01. The van der Waals surface area contributed by atoms with E-state index in [1.165, 1.54) is 0 Å². The van der Waals surface area contributed by atoms with Crippen LogP contribution in [0.1, 0.15) is 13.8 Å². The van der Waals surface area contributed by atoms with Crippen LogP contribution in [0, 0.1) is 0 Å². The molecular weight excluding hydrogens is 256 g/mol. The van der Waals surface area contributed by atoms with Gasteiger partial charge in [-0.2, -0.15) is 0 Å². The zero-order valence-electron chi connectivity index (χ0n) is 11.9. The molecule has 2 rings (SSSR count). The van der Waals surface area contributed by atoms with Gasteiger partial charge in [0, 0.05) is 5.39 Å². The smallest absolute Gasteiger partial charge is 0.306 e. The molecule has 3 nitrogen and oxygen atoms in total. The molecule has 4 heteroatoms. The summed E-state index contributed by atoms with van der Waals surface area (Å²) in [6.07, 6.45) is 0. The van der Waals surface area contributed by atoms with Crippen molar-refractivity contribution in [3.63, 3.8) is 0 Å². The molecule has 0 amide bonds. The van der Waals surface area contributed by atoms with Gasteiger partial charge in [0.1, 0.15) is 13.7 Å². The summed E-state index contributed by atoms with van der Waals surface area (Å²) in [5, 5.41) is 2.04. The van der Waals surface area contributed by atoms with E-state index in [2.05, 4.69) is 19.2 Å². The average molecular weight is 276 g/mol. The molecule has 0 bridgehead atoms. The number of carbonyl (C=O) groups is 1. The van der Waals surface area contributed by atoms with Crippen molar-refractivity contribution in [2.75, 3.05) is 6.61 Å². The molecule has 19 heavy (non-hydrogen) atoms. The molecule has 2 aromatic rings. The minimum Gasteiger partial charge on any atom is -0.466 e. The predicted molar refractivity (Wildman–Crippen MR) is 79.4 cm³/mol. The number of hydrogen-bond donors (Lipinski definition) is 0. The zero-order valence-corrected chi connectivity index (χ0v) is 12.9. The maximum atomic E-state index is 11.9. The molecule has 1 aromatic heterocycles. The van der Waals surface area contributed by atoms with Crippen LogP contribution in [-0.2, 0) is 9.53 Å². The normalized spacial score (nSPS) is 13.5. The van der Waals surface area contributed by atoms with Gasteiger partial charge in [-0.25, -0.2) is 0 Å². The van der Waals surface area contributed by atoms with Crippen LogP contribution in [0.15, 0.2) is 34.7 Å². The third-order valence-electron chi connectivity index (χ3n) is 3.78. The van der Waals surface area contributed by atoms with Crippen molar-refractivity contribution < 1.29 is 13.9 Å². The van der Waals surface area contributed by atoms with E-state index in [4.69, 9.17) is 9.15 Å². The summed E-state index contributed by atoms with van der Waals surface area (Å²) >= 11 is 0. The van der Waals surface area contributed by atoms with E-state index in [9.17, 15) is 4.79 Å². The fraction of sp³-hybridized carbons (Fsp3) is 0.400. The molecule has 0 N–H and O–H groups in total. The van der Waals surface area contributed by atoms with Crippen LogP contribution in [0.5, 0.6) is 0 Å². The molecule has 1 unspecified atom stereocenters. The van der Waals surface area contributed by atoms with Gasteiger partial charge in [-0.15, -0.1) is 0 Å². The summed E-state index contributed by atoms with van der Waals surface area (Å²) in [5.41, 5.74) is 0.766. The molecule has 0 radical (unpaired) electrons. The van der Waals surface area contributed by atoms with Crippen LogP contribution in [-0.4, -0.2) is 20.7 Å².